The van der Waals surface area contributed by atoms with Crippen LogP contribution in [0.5, 0.6) is 0 Å². The van der Waals surface area contributed by atoms with E-state index in [9.17, 15) is 4.79 Å². The second kappa shape index (κ2) is 3.38. The quantitative estimate of drug-likeness (QED) is 0.705. The predicted molar refractivity (Wildman–Crippen MR) is 55.7 cm³/mol. The lowest BCUT2D eigenvalue weighted by Crippen LogP contribution is -2.06. The molecule has 2 aromatic heterocycles. The molecule has 2 heterocycles. The zero-order valence-electron chi connectivity index (χ0n) is 8.02. The van der Waals surface area contributed by atoms with Gasteiger partial charge in [-0.2, -0.15) is 0 Å². The highest BCUT2D eigenvalue weighted by Gasteiger charge is 2.15. The van der Waals surface area contributed by atoms with E-state index in [1.54, 1.807) is 28.4 Å². The molecule has 0 aliphatic carbocycles. The lowest BCUT2D eigenvalue weighted by Gasteiger charge is -1.99. The van der Waals surface area contributed by atoms with Crippen LogP contribution in [0.1, 0.15) is 20.9 Å². The fourth-order valence-electron chi connectivity index (χ4n) is 1.33. The van der Waals surface area contributed by atoms with Gasteiger partial charge in [0.1, 0.15) is 5.69 Å². The van der Waals surface area contributed by atoms with Crippen LogP contribution in [0.4, 0.5) is 0 Å². The molecule has 2 rings (SSSR count). The van der Waals surface area contributed by atoms with Crippen molar-refractivity contribution in [2.24, 2.45) is 7.05 Å². The number of carbonyl (C=O) groups excluding carboxylic acids is 1. The van der Waals surface area contributed by atoms with Gasteiger partial charge in [-0.25, -0.2) is 4.98 Å². The van der Waals surface area contributed by atoms with Crippen molar-refractivity contribution in [3.05, 3.63) is 40.1 Å². The Morgan fingerprint density at radius 3 is 2.86 bits per heavy atom. The van der Waals surface area contributed by atoms with E-state index >= 15 is 0 Å². The summed E-state index contributed by atoms with van der Waals surface area (Å²) < 4.78 is 1.74. The van der Waals surface area contributed by atoms with E-state index in [2.05, 4.69) is 4.98 Å². The number of nitrogens with zero attached hydrogens (tertiary/aromatic N) is 2. The van der Waals surface area contributed by atoms with Gasteiger partial charge < -0.3 is 4.57 Å². The smallest absolute Gasteiger partial charge is 0.212 e. The number of hydrogen-bond donors (Lipinski definition) is 0. The molecule has 0 saturated heterocycles. The van der Waals surface area contributed by atoms with Crippen molar-refractivity contribution in [1.82, 2.24) is 9.55 Å². The minimum absolute atomic E-state index is 0.0451. The van der Waals surface area contributed by atoms with Gasteiger partial charge in [-0.15, -0.1) is 11.3 Å². The number of carbonyl (C=O) groups is 1. The van der Waals surface area contributed by atoms with Gasteiger partial charge in [0.05, 0.1) is 12.5 Å². The van der Waals surface area contributed by atoms with Crippen molar-refractivity contribution in [3.63, 3.8) is 0 Å². The van der Waals surface area contributed by atoms with Crippen LogP contribution >= 0.6 is 11.3 Å². The van der Waals surface area contributed by atoms with Crippen molar-refractivity contribution in [3.8, 4) is 0 Å². The highest BCUT2D eigenvalue weighted by molar-refractivity contribution is 7.10. The lowest BCUT2D eigenvalue weighted by molar-refractivity contribution is 0.103. The van der Waals surface area contributed by atoms with Gasteiger partial charge in [-0.1, -0.05) is 0 Å². The molecule has 0 spiro atoms. The third-order valence-corrected chi connectivity index (χ3v) is 3.00. The van der Waals surface area contributed by atoms with E-state index in [1.807, 2.05) is 25.4 Å². The molecule has 14 heavy (non-hydrogen) atoms. The minimum Gasteiger partial charge on any atom is -0.331 e. The monoisotopic (exact) mass is 206 g/mol. The highest BCUT2D eigenvalue weighted by Crippen LogP contribution is 2.18. The van der Waals surface area contributed by atoms with E-state index in [1.165, 1.54) is 0 Å². The number of thiophene rings is 1. The van der Waals surface area contributed by atoms with Crippen LogP contribution in [-0.4, -0.2) is 15.3 Å². The molecule has 3 nitrogen and oxygen atoms in total. The number of aryl methyl sites for hydroxylation is 2. The van der Waals surface area contributed by atoms with Gasteiger partial charge in [-0.3, -0.25) is 4.79 Å². The lowest BCUT2D eigenvalue weighted by atomic mass is 10.1. The summed E-state index contributed by atoms with van der Waals surface area (Å²) in [5.74, 6) is 0.0451. The number of ketones is 1. The van der Waals surface area contributed by atoms with Crippen LogP contribution in [0.3, 0.4) is 0 Å². The van der Waals surface area contributed by atoms with Crippen LogP contribution in [0.15, 0.2) is 24.0 Å². The maximum absolute atomic E-state index is 12.0. The van der Waals surface area contributed by atoms with Crippen molar-refractivity contribution >= 4 is 17.1 Å². The Hall–Kier alpha value is -1.42. The molecule has 0 unspecified atom stereocenters. The highest BCUT2D eigenvalue weighted by atomic mass is 32.1. The largest absolute Gasteiger partial charge is 0.331 e. The van der Waals surface area contributed by atoms with E-state index in [-0.39, 0.29) is 5.78 Å². The van der Waals surface area contributed by atoms with Crippen LogP contribution in [0, 0.1) is 6.92 Å². The third kappa shape index (κ3) is 1.37. The first-order valence-corrected chi connectivity index (χ1v) is 5.13. The van der Waals surface area contributed by atoms with E-state index < -0.39 is 0 Å². The molecule has 0 aliphatic heterocycles. The summed E-state index contributed by atoms with van der Waals surface area (Å²) in [4.78, 5) is 16.9. The molecular formula is C10H10N2OS. The molecule has 0 aliphatic rings. The van der Waals surface area contributed by atoms with Crippen molar-refractivity contribution in [2.75, 3.05) is 0 Å². The summed E-state index contributed by atoms with van der Waals surface area (Å²) in [5, 5.41) is 1.93. The molecule has 0 N–H and O–H groups in total. The average Bonchev–Trinajstić information content (AvgIpc) is 2.73. The molecule has 0 aromatic carbocycles. The minimum atomic E-state index is 0.0451. The Labute approximate surface area is 86.0 Å². The van der Waals surface area contributed by atoms with Gasteiger partial charge in [0, 0.05) is 17.5 Å². The number of aromatic nitrogens is 2. The number of imidazole rings is 1. The Balaban J connectivity index is 2.44. The zero-order valence-corrected chi connectivity index (χ0v) is 8.84. The molecule has 0 saturated carbocycles. The van der Waals surface area contributed by atoms with Crippen LogP contribution in [0.25, 0.3) is 0 Å². The van der Waals surface area contributed by atoms with Crippen molar-refractivity contribution in [1.29, 1.82) is 0 Å². The molecular weight excluding hydrogens is 196 g/mol. The van der Waals surface area contributed by atoms with Gasteiger partial charge in [-0.05, 0) is 18.4 Å². The zero-order chi connectivity index (χ0) is 10.1. The van der Waals surface area contributed by atoms with Crippen LogP contribution in [0.2, 0.25) is 0 Å². The van der Waals surface area contributed by atoms with Crippen molar-refractivity contribution in [2.45, 2.75) is 6.92 Å². The standard InChI is InChI=1S/C10H10N2OS/c1-7-8(3-4-14-7)10(13)9-5-11-6-12(9)2/h3-6H,1-2H3. The predicted octanol–water partition coefficient (Wildman–Crippen LogP) is 2.02. The normalized spacial score (nSPS) is 10.4. The Morgan fingerprint density at radius 2 is 2.36 bits per heavy atom. The fourth-order valence-corrected chi connectivity index (χ4v) is 2.03. The van der Waals surface area contributed by atoms with Gasteiger partial charge in [0.25, 0.3) is 0 Å². The SMILES string of the molecule is Cc1sccc1C(=O)c1cncn1C. The summed E-state index contributed by atoms with van der Waals surface area (Å²) in [6.45, 7) is 1.95. The fraction of sp³-hybridized carbons (Fsp3) is 0.200. The summed E-state index contributed by atoms with van der Waals surface area (Å²) in [6.07, 6.45) is 3.23. The molecule has 0 atom stereocenters. The first-order valence-electron chi connectivity index (χ1n) is 4.25. The van der Waals surface area contributed by atoms with E-state index in [0.29, 0.717) is 5.69 Å². The first kappa shape index (κ1) is 9.15. The van der Waals surface area contributed by atoms with E-state index in [4.69, 9.17) is 0 Å². The molecule has 4 heteroatoms. The summed E-state index contributed by atoms with van der Waals surface area (Å²) in [6, 6.07) is 1.86. The van der Waals surface area contributed by atoms with Crippen molar-refractivity contribution < 1.29 is 4.79 Å². The second-order valence-electron chi connectivity index (χ2n) is 3.11. The molecule has 0 radical (unpaired) electrons. The molecule has 0 fully saturated rings. The Morgan fingerprint density at radius 1 is 1.57 bits per heavy atom. The van der Waals surface area contributed by atoms with Gasteiger partial charge in [0.15, 0.2) is 0 Å². The summed E-state index contributed by atoms with van der Waals surface area (Å²) in [5.41, 5.74) is 1.41. The maximum Gasteiger partial charge on any atom is 0.212 e. The first-order chi connectivity index (χ1) is 6.70. The topological polar surface area (TPSA) is 34.9 Å². The molecule has 0 amide bonds. The van der Waals surface area contributed by atoms with Gasteiger partial charge >= 0.3 is 0 Å². The van der Waals surface area contributed by atoms with Crippen LogP contribution in [-0.2, 0) is 7.05 Å². The van der Waals surface area contributed by atoms with Gasteiger partial charge in [0.2, 0.25) is 5.78 Å². The van der Waals surface area contributed by atoms with Crippen LogP contribution < -0.4 is 0 Å². The third-order valence-electron chi connectivity index (χ3n) is 2.15. The molecule has 2 aromatic rings. The summed E-state index contributed by atoms with van der Waals surface area (Å²) in [7, 11) is 1.82. The summed E-state index contributed by atoms with van der Waals surface area (Å²) >= 11 is 1.59. The Kier molecular flexibility index (Phi) is 2.21. The Bertz CT molecular complexity index is 428. The molecule has 0 bridgehead atoms. The second-order valence-corrected chi connectivity index (χ2v) is 4.23. The number of rotatable bonds is 2. The average molecular weight is 206 g/mol. The maximum atomic E-state index is 12.0. The molecule has 72 valence electrons. The number of hydrogen-bond acceptors (Lipinski definition) is 3. The van der Waals surface area contributed by atoms with E-state index in [0.717, 1.165) is 10.4 Å².